The molecule has 0 spiro atoms. The molecule has 0 aromatic heterocycles. The Balaban J connectivity index is 1.93. The van der Waals surface area contributed by atoms with Crippen molar-refractivity contribution in [1.82, 2.24) is 4.90 Å². The Labute approximate surface area is 93.1 Å². The maximum absolute atomic E-state index is 2.46. The van der Waals surface area contributed by atoms with Gasteiger partial charge < -0.3 is 4.90 Å². The van der Waals surface area contributed by atoms with E-state index in [-0.39, 0.29) is 0 Å². The molecule has 1 heteroatoms. The predicted molar refractivity (Wildman–Crippen MR) is 65.1 cm³/mol. The molecule has 0 saturated carbocycles. The number of hydrogen-bond acceptors (Lipinski definition) is 1. The first-order valence-corrected chi connectivity index (χ1v) is 5.98. The van der Waals surface area contributed by atoms with Crippen LogP contribution in [-0.4, -0.2) is 25.0 Å². The van der Waals surface area contributed by atoms with Gasteiger partial charge in [-0.1, -0.05) is 29.8 Å². The highest BCUT2D eigenvalue weighted by Crippen LogP contribution is 2.19. The van der Waals surface area contributed by atoms with E-state index in [1.54, 1.807) is 0 Å². The van der Waals surface area contributed by atoms with Crippen molar-refractivity contribution in [3.05, 3.63) is 35.4 Å². The first-order valence-electron chi connectivity index (χ1n) is 5.98. The van der Waals surface area contributed by atoms with Crippen LogP contribution in [0.25, 0.3) is 0 Å². The van der Waals surface area contributed by atoms with Gasteiger partial charge in [-0.2, -0.15) is 0 Å². The van der Waals surface area contributed by atoms with Gasteiger partial charge in [0.25, 0.3) is 0 Å². The molecular formula is C14H21N. The summed E-state index contributed by atoms with van der Waals surface area (Å²) in [6.45, 7) is 4.70. The summed E-state index contributed by atoms with van der Waals surface area (Å²) >= 11 is 0. The fraction of sp³-hybridized carbons (Fsp3) is 0.571. The largest absolute Gasteiger partial charge is 0.306 e. The summed E-state index contributed by atoms with van der Waals surface area (Å²) in [5, 5.41) is 0. The molecule has 2 rings (SSSR count). The first-order chi connectivity index (χ1) is 7.24. The normalized spacial score (nSPS) is 22.9. The Kier molecular flexibility index (Phi) is 3.42. The van der Waals surface area contributed by atoms with Crippen LogP contribution in [0.5, 0.6) is 0 Å². The van der Waals surface area contributed by atoms with Gasteiger partial charge >= 0.3 is 0 Å². The van der Waals surface area contributed by atoms with Gasteiger partial charge in [-0.25, -0.2) is 0 Å². The summed E-state index contributed by atoms with van der Waals surface area (Å²) in [4.78, 5) is 2.46. The summed E-state index contributed by atoms with van der Waals surface area (Å²) in [6, 6.07) is 9.01. The van der Waals surface area contributed by atoms with Gasteiger partial charge in [0, 0.05) is 6.54 Å². The summed E-state index contributed by atoms with van der Waals surface area (Å²) in [7, 11) is 2.24. The molecule has 0 amide bonds. The quantitative estimate of drug-likeness (QED) is 0.714. The molecule has 0 bridgehead atoms. The van der Waals surface area contributed by atoms with Gasteiger partial charge in [0.15, 0.2) is 0 Å². The lowest BCUT2D eigenvalue weighted by molar-refractivity contribution is 0.209. The zero-order valence-electron chi connectivity index (χ0n) is 9.87. The molecule has 1 heterocycles. The second-order valence-corrected chi connectivity index (χ2v) is 4.96. The van der Waals surface area contributed by atoms with Crippen LogP contribution in [0, 0.1) is 12.8 Å². The molecular weight excluding hydrogens is 182 g/mol. The van der Waals surface area contributed by atoms with Crippen LogP contribution in [0.4, 0.5) is 0 Å². The number of piperidine rings is 1. The lowest BCUT2D eigenvalue weighted by atomic mass is 9.91. The molecule has 0 radical (unpaired) electrons. The summed E-state index contributed by atoms with van der Waals surface area (Å²) < 4.78 is 0. The zero-order chi connectivity index (χ0) is 10.7. The fourth-order valence-corrected chi connectivity index (χ4v) is 2.50. The molecule has 15 heavy (non-hydrogen) atoms. The van der Waals surface area contributed by atoms with Crippen LogP contribution < -0.4 is 0 Å². The molecule has 1 aromatic rings. The summed E-state index contributed by atoms with van der Waals surface area (Å²) in [5.41, 5.74) is 2.86. The molecule has 0 aliphatic carbocycles. The van der Waals surface area contributed by atoms with Crippen molar-refractivity contribution >= 4 is 0 Å². The minimum atomic E-state index is 0.867. The van der Waals surface area contributed by atoms with E-state index in [1.807, 2.05) is 0 Å². The zero-order valence-corrected chi connectivity index (χ0v) is 9.87. The van der Waals surface area contributed by atoms with Crippen molar-refractivity contribution in [2.75, 3.05) is 20.1 Å². The minimum absolute atomic E-state index is 0.867. The summed E-state index contributed by atoms with van der Waals surface area (Å²) in [6.07, 6.45) is 4.02. The molecule has 1 fully saturated rings. The number of nitrogens with zero attached hydrogens (tertiary/aromatic N) is 1. The van der Waals surface area contributed by atoms with Crippen molar-refractivity contribution in [1.29, 1.82) is 0 Å². The van der Waals surface area contributed by atoms with Crippen molar-refractivity contribution in [3.63, 3.8) is 0 Å². The first kappa shape index (κ1) is 10.7. The van der Waals surface area contributed by atoms with Gasteiger partial charge in [0.05, 0.1) is 0 Å². The smallest absolute Gasteiger partial charge is 0.000979 e. The number of benzene rings is 1. The van der Waals surface area contributed by atoms with Gasteiger partial charge in [-0.3, -0.25) is 0 Å². The van der Waals surface area contributed by atoms with Gasteiger partial charge in [0.2, 0.25) is 0 Å². The van der Waals surface area contributed by atoms with E-state index in [0.29, 0.717) is 0 Å². The molecule has 1 unspecified atom stereocenters. The van der Waals surface area contributed by atoms with Crippen LogP contribution in [-0.2, 0) is 6.42 Å². The molecule has 1 aliphatic heterocycles. The van der Waals surface area contributed by atoms with Crippen LogP contribution in [0.2, 0.25) is 0 Å². The van der Waals surface area contributed by atoms with Crippen molar-refractivity contribution in [3.8, 4) is 0 Å². The van der Waals surface area contributed by atoms with E-state index in [2.05, 4.69) is 43.1 Å². The number of rotatable bonds is 2. The van der Waals surface area contributed by atoms with E-state index in [1.165, 1.54) is 43.5 Å². The highest BCUT2D eigenvalue weighted by atomic mass is 15.1. The third kappa shape index (κ3) is 3.07. The molecule has 82 valence electrons. The Hall–Kier alpha value is -0.820. The third-order valence-corrected chi connectivity index (χ3v) is 3.37. The monoisotopic (exact) mass is 203 g/mol. The lowest BCUT2D eigenvalue weighted by Gasteiger charge is -2.29. The average Bonchev–Trinajstić information content (AvgIpc) is 2.22. The van der Waals surface area contributed by atoms with Crippen LogP contribution in [0.15, 0.2) is 24.3 Å². The molecule has 1 nitrogen and oxygen atoms in total. The topological polar surface area (TPSA) is 3.24 Å². The summed E-state index contributed by atoms with van der Waals surface area (Å²) in [5.74, 6) is 0.867. The van der Waals surface area contributed by atoms with E-state index in [4.69, 9.17) is 0 Å². The minimum Gasteiger partial charge on any atom is -0.306 e. The molecule has 1 aliphatic rings. The molecule has 0 N–H and O–H groups in total. The number of aryl methyl sites for hydroxylation is 1. The van der Waals surface area contributed by atoms with Crippen LogP contribution in [0.1, 0.15) is 24.0 Å². The van der Waals surface area contributed by atoms with E-state index in [0.717, 1.165) is 5.92 Å². The Morgan fingerprint density at radius 3 is 2.67 bits per heavy atom. The van der Waals surface area contributed by atoms with Gasteiger partial charge in [-0.15, -0.1) is 0 Å². The Morgan fingerprint density at radius 1 is 1.27 bits per heavy atom. The Bertz CT molecular complexity index is 302. The van der Waals surface area contributed by atoms with Gasteiger partial charge in [0.1, 0.15) is 0 Å². The second-order valence-electron chi connectivity index (χ2n) is 4.96. The lowest BCUT2D eigenvalue weighted by Crippen LogP contribution is -2.32. The van der Waals surface area contributed by atoms with Crippen LogP contribution >= 0.6 is 0 Å². The highest BCUT2D eigenvalue weighted by molar-refractivity contribution is 5.21. The maximum atomic E-state index is 2.46. The Morgan fingerprint density at radius 2 is 2.00 bits per heavy atom. The van der Waals surface area contributed by atoms with Crippen LogP contribution in [0.3, 0.4) is 0 Å². The maximum Gasteiger partial charge on any atom is 0.000979 e. The van der Waals surface area contributed by atoms with E-state index < -0.39 is 0 Å². The van der Waals surface area contributed by atoms with Crippen molar-refractivity contribution in [2.24, 2.45) is 5.92 Å². The second kappa shape index (κ2) is 4.80. The molecule has 1 atom stereocenters. The van der Waals surface area contributed by atoms with E-state index >= 15 is 0 Å². The average molecular weight is 203 g/mol. The van der Waals surface area contributed by atoms with Crippen molar-refractivity contribution < 1.29 is 0 Å². The molecule has 1 saturated heterocycles. The SMILES string of the molecule is Cc1ccc(CC2CCCN(C)C2)cc1. The molecule has 1 aromatic carbocycles. The fourth-order valence-electron chi connectivity index (χ4n) is 2.50. The third-order valence-electron chi connectivity index (χ3n) is 3.37. The predicted octanol–water partition coefficient (Wildman–Crippen LogP) is 2.88. The number of likely N-dealkylation sites (tertiary alicyclic amines) is 1. The standard InChI is InChI=1S/C14H21N/c1-12-5-7-13(8-6-12)10-14-4-3-9-15(2)11-14/h5-8,14H,3-4,9-11H2,1-2H3. The van der Waals surface area contributed by atoms with Crippen molar-refractivity contribution in [2.45, 2.75) is 26.2 Å². The van der Waals surface area contributed by atoms with Gasteiger partial charge in [-0.05, 0) is 51.3 Å². The number of hydrogen-bond donors (Lipinski definition) is 0. The van der Waals surface area contributed by atoms with E-state index in [9.17, 15) is 0 Å². The highest BCUT2D eigenvalue weighted by Gasteiger charge is 2.16.